The van der Waals surface area contributed by atoms with E-state index in [4.69, 9.17) is 21.1 Å². The van der Waals surface area contributed by atoms with Crippen LogP contribution in [0.4, 0.5) is 0 Å². The summed E-state index contributed by atoms with van der Waals surface area (Å²) in [7, 11) is 3.17. The van der Waals surface area contributed by atoms with Crippen molar-refractivity contribution in [2.24, 2.45) is 0 Å². The molecule has 0 heterocycles. The number of carbonyl (C=O) groups is 1. The average molecular weight is 334 g/mol. The molecule has 0 aliphatic heterocycles. The van der Waals surface area contributed by atoms with Gasteiger partial charge in [0.05, 0.1) is 19.8 Å². The molecular formula is C18H20ClNO3. The van der Waals surface area contributed by atoms with E-state index in [2.05, 4.69) is 5.32 Å². The summed E-state index contributed by atoms with van der Waals surface area (Å²) < 4.78 is 10.6. The second kappa shape index (κ2) is 6.92. The molecular weight excluding hydrogens is 314 g/mol. The van der Waals surface area contributed by atoms with Crippen molar-refractivity contribution in [1.29, 1.82) is 0 Å². The quantitative estimate of drug-likeness (QED) is 0.899. The van der Waals surface area contributed by atoms with Gasteiger partial charge in [-0.25, -0.2) is 0 Å². The fraction of sp³-hybridized carbons (Fsp3) is 0.278. The predicted molar refractivity (Wildman–Crippen MR) is 91.5 cm³/mol. The van der Waals surface area contributed by atoms with Gasteiger partial charge in [0.1, 0.15) is 0 Å². The Bertz CT molecular complexity index is 713. The number of benzene rings is 2. The van der Waals surface area contributed by atoms with Gasteiger partial charge >= 0.3 is 0 Å². The van der Waals surface area contributed by atoms with E-state index in [9.17, 15) is 4.79 Å². The summed E-state index contributed by atoms with van der Waals surface area (Å²) in [6.45, 7) is 3.85. The number of amides is 1. The molecule has 5 heteroatoms. The number of halogens is 1. The van der Waals surface area contributed by atoms with Crippen molar-refractivity contribution in [3.05, 3.63) is 58.6 Å². The first-order chi connectivity index (χ1) is 10.9. The van der Waals surface area contributed by atoms with Crippen LogP contribution in [-0.2, 0) is 5.54 Å². The second-order valence-corrected chi connectivity index (χ2v) is 6.10. The third-order valence-corrected chi connectivity index (χ3v) is 3.85. The molecule has 0 saturated heterocycles. The summed E-state index contributed by atoms with van der Waals surface area (Å²) in [4.78, 5) is 12.4. The van der Waals surface area contributed by atoms with Crippen LogP contribution in [0.25, 0.3) is 0 Å². The van der Waals surface area contributed by atoms with Gasteiger partial charge in [-0.1, -0.05) is 23.7 Å². The van der Waals surface area contributed by atoms with Crippen LogP contribution in [0, 0.1) is 0 Å². The summed E-state index contributed by atoms with van der Waals surface area (Å²) in [6.07, 6.45) is 0. The van der Waals surface area contributed by atoms with E-state index in [0.29, 0.717) is 22.1 Å². The van der Waals surface area contributed by atoms with Gasteiger partial charge in [-0.3, -0.25) is 4.79 Å². The predicted octanol–water partition coefficient (Wildman–Crippen LogP) is 4.02. The molecule has 122 valence electrons. The molecule has 2 aromatic rings. The lowest BCUT2D eigenvalue weighted by atomic mass is 9.93. The zero-order valence-corrected chi connectivity index (χ0v) is 14.4. The molecule has 2 aromatic carbocycles. The van der Waals surface area contributed by atoms with Crippen LogP contribution in [0.2, 0.25) is 5.02 Å². The third kappa shape index (κ3) is 3.96. The first-order valence-electron chi connectivity index (χ1n) is 7.18. The fourth-order valence-electron chi connectivity index (χ4n) is 2.28. The highest BCUT2D eigenvalue weighted by atomic mass is 35.5. The Morgan fingerprint density at radius 1 is 1.04 bits per heavy atom. The maximum absolute atomic E-state index is 12.4. The number of methoxy groups -OCH3 is 2. The summed E-state index contributed by atoms with van der Waals surface area (Å²) in [5, 5.41) is 3.54. The maximum Gasteiger partial charge on any atom is 0.252 e. The number of ether oxygens (including phenoxy) is 2. The molecule has 1 amide bonds. The van der Waals surface area contributed by atoms with E-state index in [1.807, 2.05) is 32.0 Å². The minimum atomic E-state index is -0.584. The van der Waals surface area contributed by atoms with Crippen LogP contribution in [0.5, 0.6) is 11.5 Å². The molecule has 0 bridgehead atoms. The summed E-state index contributed by atoms with van der Waals surface area (Å²) in [5.41, 5.74) is 0.843. The van der Waals surface area contributed by atoms with Gasteiger partial charge in [0.2, 0.25) is 0 Å². The second-order valence-electron chi connectivity index (χ2n) is 5.66. The number of nitrogens with one attached hydrogen (secondary N) is 1. The molecule has 0 radical (unpaired) electrons. The van der Waals surface area contributed by atoms with Crippen LogP contribution >= 0.6 is 11.6 Å². The van der Waals surface area contributed by atoms with E-state index in [1.54, 1.807) is 38.5 Å². The Morgan fingerprint density at radius 3 is 2.35 bits per heavy atom. The molecule has 0 unspecified atom stereocenters. The Morgan fingerprint density at radius 2 is 1.74 bits per heavy atom. The molecule has 0 aliphatic rings. The summed E-state index contributed by atoms with van der Waals surface area (Å²) in [5.74, 6) is 1.08. The van der Waals surface area contributed by atoms with Crippen molar-refractivity contribution in [3.8, 4) is 11.5 Å². The third-order valence-electron chi connectivity index (χ3n) is 3.62. The maximum atomic E-state index is 12.4. The highest BCUT2D eigenvalue weighted by molar-refractivity contribution is 6.30. The van der Waals surface area contributed by atoms with Gasteiger partial charge in [0.25, 0.3) is 5.91 Å². The van der Waals surface area contributed by atoms with E-state index >= 15 is 0 Å². The Hall–Kier alpha value is -2.20. The monoisotopic (exact) mass is 333 g/mol. The lowest BCUT2D eigenvalue weighted by Gasteiger charge is -2.27. The zero-order chi connectivity index (χ0) is 17.0. The first kappa shape index (κ1) is 17.2. The minimum absolute atomic E-state index is 0.188. The van der Waals surface area contributed by atoms with Crippen LogP contribution < -0.4 is 14.8 Å². The van der Waals surface area contributed by atoms with Gasteiger partial charge in [-0.05, 0) is 49.7 Å². The summed E-state index contributed by atoms with van der Waals surface area (Å²) >= 11 is 5.94. The Labute approximate surface area is 141 Å². The minimum Gasteiger partial charge on any atom is -0.493 e. The molecule has 0 saturated carbocycles. The molecule has 0 aromatic heterocycles. The van der Waals surface area contributed by atoms with Gasteiger partial charge in [0, 0.05) is 10.6 Å². The number of hydrogen-bond acceptors (Lipinski definition) is 3. The standard InChI is InChI=1S/C18H20ClNO3/c1-18(2,13-8-9-15(22-3)16(11-13)23-4)20-17(21)12-6-5-7-14(19)10-12/h5-11H,1-4H3,(H,20,21). The largest absolute Gasteiger partial charge is 0.493 e. The van der Waals surface area contributed by atoms with E-state index < -0.39 is 5.54 Å². The topological polar surface area (TPSA) is 47.6 Å². The lowest BCUT2D eigenvalue weighted by Crippen LogP contribution is -2.41. The van der Waals surface area contributed by atoms with Crippen LogP contribution in [-0.4, -0.2) is 20.1 Å². The normalized spacial score (nSPS) is 11.0. The SMILES string of the molecule is COc1ccc(C(C)(C)NC(=O)c2cccc(Cl)c2)cc1OC. The van der Waals surface area contributed by atoms with Crippen LogP contribution in [0.1, 0.15) is 29.8 Å². The molecule has 23 heavy (non-hydrogen) atoms. The zero-order valence-electron chi connectivity index (χ0n) is 13.6. The van der Waals surface area contributed by atoms with Gasteiger partial charge in [-0.15, -0.1) is 0 Å². The highest BCUT2D eigenvalue weighted by Crippen LogP contribution is 2.32. The van der Waals surface area contributed by atoms with Crippen molar-refractivity contribution in [3.63, 3.8) is 0 Å². The summed E-state index contributed by atoms with van der Waals surface area (Å²) in [6, 6.07) is 12.4. The van der Waals surface area contributed by atoms with Crippen molar-refractivity contribution >= 4 is 17.5 Å². The van der Waals surface area contributed by atoms with Crippen molar-refractivity contribution in [2.75, 3.05) is 14.2 Å². The van der Waals surface area contributed by atoms with Crippen molar-refractivity contribution < 1.29 is 14.3 Å². The molecule has 0 aliphatic carbocycles. The first-order valence-corrected chi connectivity index (χ1v) is 7.56. The molecule has 2 rings (SSSR count). The average Bonchev–Trinajstić information content (AvgIpc) is 2.53. The Balaban J connectivity index is 2.26. The Kier molecular flexibility index (Phi) is 5.16. The van der Waals surface area contributed by atoms with E-state index in [1.165, 1.54) is 0 Å². The number of rotatable bonds is 5. The van der Waals surface area contributed by atoms with Gasteiger partial charge in [0.15, 0.2) is 11.5 Å². The van der Waals surface area contributed by atoms with Crippen LogP contribution in [0.3, 0.4) is 0 Å². The van der Waals surface area contributed by atoms with Crippen LogP contribution in [0.15, 0.2) is 42.5 Å². The van der Waals surface area contributed by atoms with Gasteiger partial charge in [-0.2, -0.15) is 0 Å². The molecule has 0 spiro atoms. The number of carbonyl (C=O) groups excluding carboxylic acids is 1. The van der Waals surface area contributed by atoms with Crippen molar-refractivity contribution in [2.45, 2.75) is 19.4 Å². The smallest absolute Gasteiger partial charge is 0.252 e. The van der Waals surface area contributed by atoms with Crippen molar-refractivity contribution in [1.82, 2.24) is 5.32 Å². The van der Waals surface area contributed by atoms with E-state index in [0.717, 1.165) is 5.56 Å². The fourth-order valence-corrected chi connectivity index (χ4v) is 2.47. The van der Waals surface area contributed by atoms with Gasteiger partial charge < -0.3 is 14.8 Å². The lowest BCUT2D eigenvalue weighted by molar-refractivity contribution is 0.0912. The molecule has 4 nitrogen and oxygen atoms in total. The molecule has 1 N–H and O–H groups in total. The number of hydrogen-bond donors (Lipinski definition) is 1. The van der Waals surface area contributed by atoms with E-state index in [-0.39, 0.29) is 5.91 Å². The highest BCUT2D eigenvalue weighted by Gasteiger charge is 2.25. The molecule has 0 fully saturated rings. The molecule has 0 atom stereocenters.